The molecule has 0 bridgehead atoms. The van der Waals surface area contributed by atoms with Gasteiger partial charge in [-0.15, -0.1) is 0 Å². The molecule has 0 spiro atoms. The van der Waals surface area contributed by atoms with E-state index < -0.39 is 29.1 Å². The van der Waals surface area contributed by atoms with Gasteiger partial charge >= 0.3 is 12.2 Å². The van der Waals surface area contributed by atoms with Crippen LogP contribution in [0, 0.1) is 6.92 Å². The van der Waals surface area contributed by atoms with Crippen molar-refractivity contribution in [3.8, 4) is 0 Å². The highest BCUT2D eigenvalue weighted by molar-refractivity contribution is 6.36. The van der Waals surface area contributed by atoms with Crippen LogP contribution in [0.2, 0.25) is 5.02 Å². The molecule has 1 saturated carbocycles. The molecule has 0 radical (unpaired) electrons. The predicted octanol–water partition coefficient (Wildman–Crippen LogP) is 5.87. The topological polar surface area (TPSA) is 69.3 Å². The number of nitrogens with one attached hydrogen (secondary N) is 1. The molecule has 1 saturated heterocycles. The molecule has 34 heavy (non-hydrogen) atoms. The summed E-state index contributed by atoms with van der Waals surface area (Å²) in [7, 11) is 0. The summed E-state index contributed by atoms with van der Waals surface area (Å²) in [6.07, 6.45) is -2.65. The van der Waals surface area contributed by atoms with E-state index in [4.69, 9.17) is 11.6 Å². The van der Waals surface area contributed by atoms with E-state index in [1.165, 1.54) is 29.2 Å². The van der Waals surface area contributed by atoms with Gasteiger partial charge in [0.05, 0.1) is 16.1 Å². The molecule has 1 N–H and O–H groups in total. The van der Waals surface area contributed by atoms with E-state index in [9.17, 15) is 22.8 Å². The Kier molecular flexibility index (Phi) is 4.82. The number of aryl methyl sites for hydroxylation is 1. The number of fused-ring (bicyclic) bond motifs is 1. The number of alkyl halides is 3. The molecule has 2 fully saturated rings. The number of aromatic nitrogens is 2. The molecule has 3 aromatic rings. The Bertz CT molecular complexity index is 1330. The molecule has 2 aliphatic rings. The molecule has 1 aliphatic carbocycles. The van der Waals surface area contributed by atoms with Crippen molar-refractivity contribution in [2.24, 2.45) is 0 Å². The van der Waals surface area contributed by atoms with E-state index in [0.717, 1.165) is 16.2 Å². The lowest BCUT2D eigenvalue weighted by atomic mass is 9.95. The van der Waals surface area contributed by atoms with E-state index in [1.54, 1.807) is 26.1 Å². The van der Waals surface area contributed by atoms with Gasteiger partial charge in [0.2, 0.25) is 0 Å². The van der Waals surface area contributed by atoms with Crippen LogP contribution in [-0.2, 0) is 16.8 Å². The molecule has 0 unspecified atom stereocenters. The number of rotatable bonds is 4. The summed E-state index contributed by atoms with van der Waals surface area (Å²) in [4.78, 5) is 36.5. The van der Waals surface area contributed by atoms with E-state index in [0.29, 0.717) is 16.1 Å². The lowest BCUT2D eigenvalue weighted by Gasteiger charge is -2.28. The SMILES string of the molecule is Cc1[nH]c2nccc(CN3C(=O)N(c4ccc(C5(C(F)(F)F)CC5)cc4)C(=O)C3(C)C)c2c1Cl. The average molecular weight is 491 g/mol. The first-order valence-electron chi connectivity index (χ1n) is 10.8. The number of anilines is 1. The van der Waals surface area contributed by atoms with Crippen molar-refractivity contribution >= 4 is 40.3 Å². The largest absolute Gasteiger partial charge is 0.398 e. The molecule has 5 rings (SSSR count). The quantitative estimate of drug-likeness (QED) is 0.465. The molecule has 0 atom stereocenters. The number of nitrogens with zero attached hydrogens (tertiary/aromatic N) is 3. The second kappa shape index (κ2) is 7.21. The van der Waals surface area contributed by atoms with Crippen LogP contribution in [0.3, 0.4) is 0 Å². The number of hydrogen-bond acceptors (Lipinski definition) is 3. The second-order valence-electron chi connectivity index (χ2n) is 9.45. The first kappa shape index (κ1) is 22.7. The Morgan fingerprint density at radius 2 is 1.76 bits per heavy atom. The summed E-state index contributed by atoms with van der Waals surface area (Å²) >= 11 is 6.45. The van der Waals surface area contributed by atoms with Crippen LogP contribution < -0.4 is 4.90 Å². The van der Waals surface area contributed by atoms with Crippen molar-refractivity contribution in [3.63, 3.8) is 0 Å². The number of carbonyl (C=O) groups is 2. The molecule has 3 heterocycles. The molecular formula is C24H22ClF3N4O2. The summed E-state index contributed by atoms with van der Waals surface area (Å²) in [5.41, 5.74) is -0.552. The lowest BCUT2D eigenvalue weighted by molar-refractivity contribution is -0.160. The highest BCUT2D eigenvalue weighted by atomic mass is 35.5. The van der Waals surface area contributed by atoms with Crippen LogP contribution >= 0.6 is 11.6 Å². The van der Waals surface area contributed by atoms with Crippen LogP contribution in [0.25, 0.3) is 11.0 Å². The molecule has 1 aliphatic heterocycles. The van der Waals surface area contributed by atoms with E-state index in [-0.39, 0.29) is 30.6 Å². The van der Waals surface area contributed by atoms with Crippen molar-refractivity contribution < 1.29 is 22.8 Å². The average Bonchev–Trinajstić information content (AvgIpc) is 3.51. The Morgan fingerprint density at radius 1 is 1.12 bits per heavy atom. The molecule has 6 nitrogen and oxygen atoms in total. The van der Waals surface area contributed by atoms with Crippen molar-refractivity contribution in [3.05, 3.63) is 58.4 Å². The third kappa shape index (κ3) is 3.13. The number of hydrogen-bond donors (Lipinski definition) is 1. The van der Waals surface area contributed by atoms with Crippen LogP contribution in [0.4, 0.5) is 23.7 Å². The van der Waals surface area contributed by atoms with Gasteiger partial charge in [-0.3, -0.25) is 4.79 Å². The number of imide groups is 1. The number of H-pyrrole nitrogens is 1. The molecular weight excluding hydrogens is 469 g/mol. The van der Waals surface area contributed by atoms with Gasteiger partial charge < -0.3 is 9.88 Å². The van der Waals surface area contributed by atoms with E-state index >= 15 is 0 Å². The Hall–Kier alpha value is -3.07. The Balaban J connectivity index is 1.47. The maximum absolute atomic E-state index is 13.5. The third-order valence-electron chi connectivity index (χ3n) is 7.01. The first-order chi connectivity index (χ1) is 15.9. The number of benzene rings is 1. The summed E-state index contributed by atoms with van der Waals surface area (Å²) in [6, 6.07) is 6.75. The predicted molar refractivity (Wildman–Crippen MR) is 122 cm³/mol. The van der Waals surface area contributed by atoms with Crippen molar-refractivity contribution in [2.75, 3.05) is 4.90 Å². The minimum Gasteiger partial charge on any atom is -0.342 e. The zero-order chi connectivity index (χ0) is 24.6. The van der Waals surface area contributed by atoms with E-state index in [2.05, 4.69) is 9.97 Å². The zero-order valence-electron chi connectivity index (χ0n) is 18.8. The Morgan fingerprint density at radius 3 is 2.35 bits per heavy atom. The maximum Gasteiger partial charge on any atom is 0.398 e. The fourth-order valence-electron chi connectivity index (χ4n) is 4.68. The van der Waals surface area contributed by atoms with E-state index in [1.807, 2.05) is 6.92 Å². The summed E-state index contributed by atoms with van der Waals surface area (Å²) in [5, 5.41) is 1.18. The standard InChI is InChI=1S/C24H22ClF3N4O2/c1-13-18(25)17-14(8-11-29-19(17)30-13)12-31-21(34)32(20(33)22(31,2)3)16-6-4-15(5-7-16)23(9-10-23)24(26,27)28/h4-8,11H,9-10,12H2,1-3H3,(H,29,30). The van der Waals surface area contributed by atoms with Crippen LogP contribution in [0.1, 0.15) is 43.5 Å². The smallest absolute Gasteiger partial charge is 0.342 e. The third-order valence-corrected chi connectivity index (χ3v) is 7.49. The summed E-state index contributed by atoms with van der Waals surface area (Å²) in [6.45, 7) is 5.22. The van der Waals surface area contributed by atoms with Gasteiger partial charge in [-0.25, -0.2) is 14.7 Å². The minimum absolute atomic E-state index is 0.0415. The highest BCUT2D eigenvalue weighted by Crippen LogP contribution is 2.59. The number of amides is 3. The zero-order valence-corrected chi connectivity index (χ0v) is 19.5. The fourth-order valence-corrected chi connectivity index (χ4v) is 4.94. The lowest BCUT2D eigenvalue weighted by Crippen LogP contribution is -2.43. The van der Waals surface area contributed by atoms with Gasteiger partial charge in [-0.2, -0.15) is 13.2 Å². The summed E-state index contributed by atoms with van der Waals surface area (Å²) < 4.78 is 40.4. The van der Waals surface area contributed by atoms with Crippen molar-refractivity contribution in [1.29, 1.82) is 0 Å². The normalized spacial score (nSPS) is 19.4. The first-order valence-corrected chi connectivity index (χ1v) is 11.2. The molecule has 10 heteroatoms. The summed E-state index contributed by atoms with van der Waals surface area (Å²) in [5.74, 6) is -0.455. The van der Waals surface area contributed by atoms with Gasteiger partial charge in [-0.05, 0) is 62.9 Å². The highest BCUT2D eigenvalue weighted by Gasteiger charge is 2.64. The molecule has 1 aromatic carbocycles. The van der Waals surface area contributed by atoms with Crippen LogP contribution in [-0.4, -0.2) is 38.5 Å². The van der Waals surface area contributed by atoms with Gasteiger partial charge in [0, 0.05) is 23.8 Å². The fraction of sp³-hybridized carbons (Fsp3) is 0.375. The molecule has 178 valence electrons. The van der Waals surface area contributed by atoms with Gasteiger partial charge in [0.25, 0.3) is 5.91 Å². The second-order valence-corrected chi connectivity index (χ2v) is 9.83. The number of halogens is 4. The molecule has 2 aromatic heterocycles. The number of pyridine rings is 1. The van der Waals surface area contributed by atoms with Gasteiger partial charge in [0.15, 0.2) is 0 Å². The molecule has 3 amide bonds. The number of carbonyl (C=O) groups excluding carboxylic acids is 2. The number of aromatic amines is 1. The monoisotopic (exact) mass is 490 g/mol. The van der Waals surface area contributed by atoms with Crippen molar-refractivity contribution in [1.82, 2.24) is 14.9 Å². The van der Waals surface area contributed by atoms with Gasteiger partial charge in [-0.1, -0.05) is 23.7 Å². The van der Waals surface area contributed by atoms with Crippen LogP contribution in [0.15, 0.2) is 36.5 Å². The number of urea groups is 1. The van der Waals surface area contributed by atoms with Crippen molar-refractivity contribution in [2.45, 2.75) is 57.3 Å². The maximum atomic E-state index is 13.5. The minimum atomic E-state index is -4.33. The Labute approximate surface area is 198 Å². The van der Waals surface area contributed by atoms with Gasteiger partial charge in [0.1, 0.15) is 11.2 Å². The van der Waals surface area contributed by atoms with Crippen LogP contribution in [0.5, 0.6) is 0 Å².